The Balaban J connectivity index is 2.07. The molecular formula is C21H25F2N3O6S. The van der Waals surface area contributed by atoms with Gasteiger partial charge in [0.2, 0.25) is 0 Å². The molecule has 0 aliphatic heterocycles. The summed E-state index contributed by atoms with van der Waals surface area (Å²) in [6.07, 6.45) is 2.29. The summed E-state index contributed by atoms with van der Waals surface area (Å²) in [6, 6.07) is 6.64. The van der Waals surface area contributed by atoms with Crippen molar-refractivity contribution in [2.24, 2.45) is 0 Å². The third-order valence-electron chi connectivity index (χ3n) is 4.33. The second kappa shape index (κ2) is 12.0. The third kappa shape index (κ3) is 8.22. The summed E-state index contributed by atoms with van der Waals surface area (Å²) in [5.74, 6) is -2.86. The van der Waals surface area contributed by atoms with Gasteiger partial charge in [-0.05, 0) is 36.8 Å². The predicted octanol–water partition coefficient (Wildman–Crippen LogP) is 4.19. The molecule has 0 spiro atoms. The van der Waals surface area contributed by atoms with E-state index in [0.717, 1.165) is 37.5 Å². The number of hydrogen-bond acceptors (Lipinski definition) is 6. The van der Waals surface area contributed by atoms with Crippen molar-refractivity contribution >= 4 is 33.6 Å². The van der Waals surface area contributed by atoms with Gasteiger partial charge in [0.1, 0.15) is 5.75 Å². The average Bonchev–Trinajstić information content (AvgIpc) is 2.75. The van der Waals surface area contributed by atoms with Gasteiger partial charge in [0.15, 0.2) is 11.6 Å². The van der Waals surface area contributed by atoms with E-state index in [4.69, 9.17) is 9.47 Å². The zero-order valence-electron chi connectivity index (χ0n) is 18.1. The minimum atomic E-state index is -4.40. The average molecular weight is 486 g/mol. The number of amides is 2. The lowest BCUT2D eigenvalue weighted by atomic mass is 10.1. The lowest BCUT2D eigenvalue weighted by Crippen LogP contribution is -2.36. The van der Waals surface area contributed by atoms with E-state index >= 15 is 0 Å². The van der Waals surface area contributed by atoms with Crippen molar-refractivity contribution in [3.63, 3.8) is 0 Å². The number of carbonyl (C=O) groups is 2. The van der Waals surface area contributed by atoms with Crippen molar-refractivity contribution in [2.45, 2.75) is 32.6 Å². The first-order valence-corrected chi connectivity index (χ1v) is 11.5. The van der Waals surface area contributed by atoms with Crippen molar-refractivity contribution < 1.29 is 36.3 Å². The summed E-state index contributed by atoms with van der Waals surface area (Å²) >= 11 is 0. The SMILES string of the molecule is CCCCCCOC(=O)NS(=O)(=O)Nc1cc(C(=O)Nc2ccc(F)c(F)c2)ccc1OC. The minimum absolute atomic E-state index is 0.000183. The molecule has 0 atom stereocenters. The van der Waals surface area contributed by atoms with Crippen LogP contribution in [0.4, 0.5) is 25.0 Å². The van der Waals surface area contributed by atoms with Crippen LogP contribution in [0.15, 0.2) is 36.4 Å². The monoisotopic (exact) mass is 485 g/mol. The molecule has 0 saturated heterocycles. The Labute approximate surface area is 190 Å². The molecule has 0 radical (unpaired) electrons. The fourth-order valence-corrected chi connectivity index (χ4v) is 3.49. The van der Waals surface area contributed by atoms with Crippen LogP contribution < -0.4 is 19.5 Å². The van der Waals surface area contributed by atoms with Crippen LogP contribution in [0.25, 0.3) is 0 Å². The molecule has 0 heterocycles. The third-order valence-corrected chi connectivity index (χ3v) is 5.26. The maximum Gasteiger partial charge on any atom is 0.422 e. The minimum Gasteiger partial charge on any atom is -0.495 e. The van der Waals surface area contributed by atoms with Crippen molar-refractivity contribution in [1.29, 1.82) is 0 Å². The lowest BCUT2D eigenvalue weighted by molar-refractivity contribution is 0.102. The van der Waals surface area contributed by atoms with E-state index in [1.165, 1.54) is 25.3 Å². The Hall–Kier alpha value is -3.41. The topological polar surface area (TPSA) is 123 Å². The van der Waals surface area contributed by atoms with Gasteiger partial charge >= 0.3 is 16.3 Å². The van der Waals surface area contributed by atoms with Gasteiger partial charge in [-0.3, -0.25) is 9.52 Å². The molecule has 0 unspecified atom stereocenters. The summed E-state index contributed by atoms with van der Waals surface area (Å²) < 4.78 is 64.8. The Morgan fingerprint density at radius 2 is 1.76 bits per heavy atom. The van der Waals surface area contributed by atoms with Crippen molar-refractivity contribution in [3.8, 4) is 5.75 Å². The molecule has 0 aromatic heterocycles. The zero-order chi connectivity index (χ0) is 24.4. The number of halogens is 2. The molecule has 2 aromatic rings. The molecule has 9 nitrogen and oxygen atoms in total. The van der Waals surface area contributed by atoms with Crippen molar-refractivity contribution in [3.05, 3.63) is 53.6 Å². The van der Waals surface area contributed by atoms with Gasteiger partial charge in [-0.15, -0.1) is 0 Å². The highest BCUT2D eigenvalue weighted by Gasteiger charge is 2.19. The largest absolute Gasteiger partial charge is 0.495 e. The summed E-state index contributed by atoms with van der Waals surface area (Å²) in [7, 11) is -3.12. The number of carbonyl (C=O) groups excluding carboxylic acids is 2. The van der Waals surface area contributed by atoms with Gasteiger partial charge < -0.3 is 14.8 Å². The molecule has 2 aromatic carbocycles. The molecule has 3 N–H and O–H groups in total. The van der Waals surface area contributed by atoms with E-state index in [1.807, 2.05) is 6.92 Å². The van der Waals surface area contributed by atoms with Gasteiger partial charge in [0, 0.05) is 17.3 Å². The molecule has 0 fully saturated rings. The molecule has 0 aliphatic carbocycles. The fraction of sp³-hybridized carbons (Fsp3) is 0.333. The summed E-state index contributed by atoms with van der Waals surface area (Å²) in [4.78, 5) is 24.2. The first-order valence-electron chi connectivity index (χ1n) is 10.1. The number of hydrogen-bond donors (Lipinski definition) is 3. The predicted molar refractivity (Wildman–Crippen MR) is 118 cm³/mol. The Bertz CT molecular complexity index is 1100. The van der Waals surface area contributed by atoms with Crippen LogP contribution >= 0.6 is 0 Å². The van der Waals surface area contributed by atoms with E-state index in [1.54, 1.807) is 4.72 Å². The molecule has 33 heavy (non-hydrogen) atoms. The molecule has 0 bridgehead atoms. The maximum atomic E-state index is 13.4. The first-order chi connectivity index (χ1) is 15.6. The number of nitrogens with one attached hydrogen (secondary N) is 3. The Morgan fingerprint density at radius 1 is 1.00 bits per heavy atom. The van der Waals surface area contributed by atoms with Gasteiger partial charge in [-0.1, -0.05) is 26.2 Å². The summed E-state index contributed by atoms with van der Waals surface area (Å²) in [6.45, 7) is 2.10. The van der Waals surface area contributed by atoms with Crippen LogP contribution in [-0.2, 0) is 14.9 Å². The highest BCUT2D eigenvalue weighted by atomic mass is 32.2. The number of anilines is 2. The quantitative estimate of drug-likeness (QED) is 0.410. The summed E-state index contributed by atoms with van der Waals surface area (Å²) in [5, 5.41) is 2.37. The standard InChI is InChI=1S/C21H25F2N3O6S/c1-3-4-5-6-11-32-21(28)26-33(29,30)25-18-12-14(7-10-19(18)31-2)20(27)24-15-8-9-16(22)17(23)13-15/h7-10,12-13,25H,3-6,11H2,1-2H3,(H,24,27)(H,26,28). The van der Waals surface area contributed by atoms with Gasteiger partial charge in [-0.2, -0.15) is 8.42 Å². The summed E-state index contributed by atoms with van der Waals surface area (Å²) in [5.41, 5.74) is -0.157. The normalized spacial score (nSPS) is 10.9. The van der Waals surface area contributed by atoms with Crippen LogP contribution in [0.1, 0.15) is 43.0 Å². The number of methoxy groups -OCH3 is 1. The van der Waals surface area contributed by atoms with Crippen LogP contribution in [-0.4, -0.2) is 34.1 Å². The zero-order valence-corrected chi connectivity index (χ0v) is 18.9. The van der Waals surface area contributed by atoms with Crippen molar-refractivity contribution in [1.82, 2.24) is 4.72 Å². The number of rotatable bonds is 11. The van der Waals surface area contributed by atoms with Crippen molar-refractivity contribution in [2.75, 3.05) is 23.8 Å². The Morgan fingerprint density at radius 3 is 2.42 bits per heavy atom. The number of benzene rings is 2. The van der Waals surface area contributed by atoms with Crippen LogP contribution in [0, 0.1) is 11.6 Å². The molecule has 2 amide bonds. The maximum absolute atomic E-state index is 13.4. The van der Waals surface area contributed by atoms with Gasteiger partial charge in [-0.25, -0.2) is 18.3 Å². The number of ether oxygens (including phenoxy) is 2. The smallest absolute Gasteiger partial charge is 0.422 e. The first kappa shape index (κ1) is 25.8. The number of unbranched alkanes of at least 4 members (excludes halogenated alkanes) is 3. The highest BCUT2D eigenvalue weighted by molar-refractivity contribution is 7.91. The van der Waals surface area contributed by atoms with E-state index < -0.39 is 33.8 Å². The van der Waals surface area contributed by atoms with E-state index in [2.05, 4.69) is 10.0 Å². The fourth-order valence-electron chi connectivity index (χ4n) is 2.71. The molecular weight excluding hydrogens is 460 g/mol. The molecule has 180 valence electrons. The highest BCUT2D eigenvalue weighted by Crippen LogP contribution is 2.27. The second-order valence-electron chi connectivity index (χ2n) is 6.90. The van der Waals surface area contributed by atoms with E-state index in [9.17, 15) is 26.8 Å². The Kier molecular flexibility index (Phi) is 9.40. The van der Waals surface area contributed by atoms with Gasteiger partial charge in [0.05, 0.1) is 19.4 Å². The molecule has 0 aliphatic rings. The second-order valence-corrected chi connectivity index (χ2v) is 8.32. The van der Waals surface area contributed by atoms with Gasteiger partial charge in [0.25, 0.3) is 5.91 Å². The van der Waals surface area contributed by atoms with Crippen LogP contribution in [0.2, 0.25) is 0 Å². The van der Waals surface area contributed by atoms with Crippen LogP contribution in [0.5, 0.6) is 5.75 Å². The molecule has 12 heteroatoms. The lowest BCUT2D eigenvalue weighted by Gasteiger charge is -2.14. The molecule has 2 rings (SSSR count). The van der Waals surface area contributed by atoms with E-state index in [-0.39, 0.29) is 29.3 Å². The molecule has 0 saturated carbocycles. The van der Waals surface area contributed by atoms with E-state index in [0.29, 0.717) is 6.42 Å². The van der Waals surface area contributed by atoms with Crippen LogP contribution in [0.3, 0.4) is 0 Å².